The Balaban J connectivity index is 1.64. The third kappa shape index (κ3) is 3.88. The molecule has 1 aliphatic heterocycles. The quantitative estimate of drug-likeness (QED) is 0.221. The van der Waals surface area contributed by atoms with Crippen LogP contribution in [0.15, 0.2) is 64.8 Å². The molecule has 0 aliphatic carbocycles. The van der Waals surface area contributed by atoms with E-state index >= 15 is 0 Å². The van der Waals surface area contributed by atoms with Crippen molar-refractivity contribution < 1.29 is 19.1 Å². The number of rotatable bonds is 3. The fraction of sp³-hybridized carbons (Fsp3) is 0.0435. The Morgan fingerprint density at radius 2 is 1.87 bits per heavy atom. The zero-order valence-electron chi connectivity index (χ0n) is 15.5. The summed E-state index contributed by atoms with van der Waals surface area (Å²) in [6, 6.07) is 15.1. The lowest BCUT2D eigenvalue weighted by molar-refractivity contribution is 0.0732. The van der Waals surface area contributed by atoms with Crippen LogP contribution < -0.4 is 9.47 Å². The van der Waals surface area contributed by atoms with E-state index in [1.54, 1.807) is 61.5 Å². The minimum absolute atomic E-state index is 0.131. The fourth-order valence-corrected chi connectivity index (χ4v) is 3.93. The molecule has 0 saturated heterocycles. The third-order valence-electron chi connectivity index (χ3n) is 4.58. The first-order valence-corrected chi connectivity index (χ1v) is 10.4. The first-order chi connectivity index (χ1) is 14.3. The molecule has 150 valence electrons. The summed E-state index contributed by atoms with van der Waals surface area (Å²) < 4.78 is 12.0. The Morgan fingerprint density at radius 3 is 2.60 bits per heavy atom. The van der Waals surface area contributed by atoms with Gasteiger partial charge in [0.1, 0.15) is 11.5 Å². The summed E-state index contributed by atoms with van der Waals surface area (Å²) in [6.07, 6.45) is 1.56. The number of esters is 1. The third-order valence-corrected chi connectivity index (χ3v) is 5.84. The normalized spacial score (nSPS) is 13.9. The monoisotopic (exact) mass is 502 g/mol. The lowest BCUT2D eigenvalue weighted by atomic mass is 10.1. The number of allylic oxidation sites excluding steroid dienone is 1. The lowest BCUT2D eigenvalue weighted by Crippen LogP contribution is -2.10. The summed E-state index contributed by atoms with van der Waals surface area (Å²) in [5.41, 5.74) is 1.94. The Bertz CT molecular complexity index is 1230. The molecule has 0 amide bonds. The number of halogens is 3. The van der Waals surface area contributed by atoms with Crippen LogP contribution in [0.1, 0.15) is 31.8 Å². The first kappa shape index (κ1) is 20.7. The molecule has 0 unspecified atom stereocenters. The molecule has 4 rings (SSSR count). The average Bonchev–Trinajstić information content (AvgIpc) is 3.03. The van der Waals surface area contributed by atoms with Crippen molar-refractivity contribution in [3.05, 3.63) is 97.1 Å². The van der Waals surface area contributed by atoms with Gasteiger partial charge in [-0.15, -0.1) is 0 Å². The summed E-state index contributed by atoms with van der Waals surface area (Å²) in [7, 11) is 0. The van der Waals surface area contributed by atoms with E-state index in [-0.39, 0.29) is 11.5 Å². The molecule has 0 fully saturated rings. The van der Waals surface area contributed by atoms with Crippen LogP contribution in [0.3, 0.4) is 0 Å². The molecule has 3 aromatic carbocycles. The molecular weight excluding hydrogens is 491 g/mol. The number of fused-ring (bicyclic) bond motifs is 1. The van der Waals surface area contributed by atoms with Crippen molar-refractivity contribution in [1.82, 2.24) is 0 Å². The second-order valence-electron chi connectivity index (χ2n) is 6.54. The van der Waals surface area contributed by atoms with Gasteiger partial charge in [-0.3, -0.25) is 4.79 Å². The van der Waals surface area contributed by atoms with Crippen molar-refractivity contribution in [1.29, 1.82) is 0 Å². The van der Waals surface area contributed by atoms with Gasteiger partial charge >= 0.3 is 5.97 Å². The van der Waals surface area contributed by atoms with Crippen molar-refractivity contribution in [3.63, 3.8) is 0 Å². The first-order valence-electron chi connectivity index (χ1n) is 8.85. The van der Waals surface area contributed by atoms with E-state index < -0.39 is 5.97 Å². The highest BCUT2D eigenvalue weighted by Crippen LogP contribution is 2.40. The van der Waals surface area contributed by atoms with Crippen molar-refractivity contribution >= 4 is 57.0 Å². The Labute approximate surface area is 191 Å². The second-order valence-corrected chi connectivity index (χ2v) is 8.24. The van der Waals surface area contributed by atoms with Gasteiger partial charge in [0.25, 0.3) is 0 Å². The van der Waals surface area contributed by atoms with E-state index in [1.165, 1.54) is 0 Å². The molecular formula is C23H13BrCl2O4. The largest absolute Gasteiger partial charge is 0.452 e. The number of hydrogen-bond acceptors (Lipinski definition) is 4. The van der Waals surface area contributed by atoms with Gasteiger partial charge in [0.2, 0.25) is 5.78 Å². The summed E-state index contributed by atoms with van der Waals surface area (Å²) in [5, 5.41) is 0.901. The number of carbonyl (C=O) groups excluding carboxylic acids is 2. The van der Waals surface area contributed by atoms with Gasteiger partial charge in [-0.25, -0.2) is 4.79 Å². The van der Waals surface area contributed by atoms with Gasteiger partial charge in [0.15, 0.2) is 5.76 Å². The van der Waals surface area contributed by atoms with Crippen LogP contribution in [0.4, 0.5) is 0 Å². The van der Waals surface area contributed by atoms with Crippen LogP contribution >= 0.6 is 39.1 Å². The molecule has 7 heteroatoms. The molecule has 0 N–H and O–H groups in total. The SMILES string of the molecule is Cc1c(OC(=O)c2ccccc2Br)ccc2c1O/C(=C\c1ccc(Cl)cc1Cl)C2=O. The molecule has 30 heavy (non-hydrogen) atoms. The summed E-state index contributed by atoms with van der Waals surface area (Å²) in [6.45, 7) is 1.73. The molecule has 0 aromatic heterocycles. The highest BCUT2D eigenvalue weighted by molar-refractivity contribution is 9.10. The van der Waals surface area contributed by atoms with Crippen LogP contribution in [0.2, 0.25) is 10.0 Å². The summed E-state index contributed by atoms with van der Waals surface area (Å²) in [5.74, 6) is 0.00908. The molecule has 4 nitrogen and oxygen atoms in total. The van der Waals surface area contributed by atoms with Crippen molar-refractivity contribution in [2.24, 2.45) is 0 Å². The van der Waals surface area contributed by atoms with Crippen molar-refractivity contribution in [3.8, 4) is 11.5 Å². The van der Waals surface area contributed by atoms with Gasteiger partial charge in [0, 0.05) is 20.1 Å². The Hall–Kier alpha value is -2.60. The van der Waals surface area contributed by atoms with Gasteiger partial charge in [-0.1, -0.05) is 41.4 Å². The topological polar surface area (TPSA) is 52.6 Å². The summed E-state index contributed by atoms with van der Waals surface area (Å²) >= 11 is 15.5. The molecule has 1 aliphatic rings. The molecule has 0 bridgehead atoms. The Kier molecular flexibility index (Phi) is 5.69. The average molecular weight is 504 g/mol. The minimum Gasteiger partial charge on any atom is -0.452 e. The van der Waals surface area contributed by atoms with Gasteiger partial charge in [-0.05, 0) is 70.9 Å². The molecule has 0 spiro atoms. The number of carbonyl (C=O) groups is 2. The maximum atomic E-state index is 12.8. The standard InChI is InChI=1S/C23H13BrCl2O4/c1-12-19(30-23(28)15-4-2-3-5-17(15)24)9-8-16-21(27)20(29-22(12)16)10-13-6-7-14(25)11-18(13)26/h2-11H,1H3/b20-10-. The van der Waals surface area contributed by atoms with Crippen molar-refractivity contribution in [2.45, 2.75) is 6.92 Å². The van der Waals surface area contributed by atoms with E-state index in [4.69, 9.17) is 32.7 Å². The second kappa shape index (κ2) is 8.26. The highest BCUT2D eigenvalue weighted by atomic mass is 79.9. The molecule has 0 atom stereocenters. The predicted molar refractivity (Wildman–Crippen MR) is 120 cm³/mol. The van der Waals surface area contributed by atoms with E-state index in [0.717, 1.165) is 0 Å². The molecule has 0 radical (unpaired) electrons. The smallest absolute Gasteiger partial charge is 0.344 e. The number of ether oxygens (including phenoxy) is 2. The zero-order valence-corrected chi connectivity index (χ0v) is 18.6. The zero-order chi connectivity index (χ0) is 21.4. The van der Waals surface area contributed by atoms with Gasteiger partial charge in [-0.2, -0.15) is 0 Å². The van der Waals surface area contributed by atoms with E-state index in [9.17, 15) is 9.59 Å². The van der Waals surface area contributed by atoms with Crippen molar-refractivity contribution in [2.75, 3.05) is 0 Å². The van der Waals surface area contributed by atoms with Gasteiger partial charge < -0.3 is 9.47 Å². The van der Waals surface area contributed by atoms with E-state index in [0.29, 0.717) is 48.3 Å². The van der Waals surface area contributed by atoms with Crippen LogP contribution in [-0.4, -0.2) is 11.8 Å². The predicted octanol–water partition coefficient (Wildman–Crippen LogP) is 6.90. The molecule has 0 saturated carbocycles. The van der Waals surface area contributed by atoms with Crippen LogP contribution in [0.5, 0.6) is 11.5 Å². The van der Waals surface area contributed by atoms with Crippen LogP contribution in [-0.2, 0) is 0 Å². The maximum absolute atomic E-state index is 12.8. The minimum atomic E-state index is -0.515. The number of Topliss-reactive ketones (excluding diaryl/α,β-unsaturated/α-hetero) is 1. The number of hydrogen-bond donors (Lipinski definition) is 0. The number of benzene rings is 3. The highest BCUT2D eigenvalue weighted by Gasteiger charge is 2.31. The maximum Gasteiger partial charge on any atom is 0.344 e. The van der Waals surface area contributed by atoms with E-state index in [2.05, 4.69) is 15.9 Å². The lowest BCUT2D eigenvalue weighted by Gasteiger charge is -2.10. The Morgan fingerprint density at radius 1 is 1.10 bits per heavy atom. The fourth-order valence-electron chi connectivity index (χ4n) is 3.02. The summed E-state index contributed by atoms with van der Waals surface area (Å²) in [4.78, 5) is 25.3. The van der Waals surface area contributed by atoms with Crippen LogP contribution in [0, 0.1) is 6.92 Å². The van der Waals surface area contributed by atoms with Crippen LogP contribution in [0.25, 0.3) is 6.08 Å². The van der Waals surface area contributed by atoms with E-state index in [1.807, 2.05) is 6.07 Å². The molecule has 1 heterocycles. The van der Waals surface area contributed by atoms with Gasteiger partial charge in [0.05, 0.1) is 11.1 Å². The number of ketones is 1. The molecule has 3 aromatic rings.